The molecule has 1 aliphatic heterocycles. The number of hydrogen-bond acceptors (Lipinski definition) is 6. The predicted octanol–water partition coefficient (Wildman–Crippen LogP) is 2.25. The van der Waals surface area contributed by atoms with Gasteiger partial charge in [0.15, 0.2) is 0 Å². The van der Waals surface area contributed by atoms with Crippen molar-refractivity contribution >= 4 is 22.6 Å². The molecule has 168 valence electrons. The third-order valence-corrected chi connectivity index (χ3v) is 5.54. The molecule has 7 nitrogen and oxygen atoms in total. The van der Waals surface area contributed by atoms with Crippen molar-refractivity contribution in [3.63, 3.8) is 0 Å². The summed E-state index contributed by atoms with van der Waals surface area (Å²) in [5.74, 6) is -3.42. The minimum absolute atomic E-state index is 0.0733. The molecule has 0 spiro atoms. The molecular weight excluding hydrogens is 417 g/mol. The average molecular weight is 440 g/mol. The van der Waals surface area contributed by atoms with Gasteiger partial charge in [-0.05, 0) is 41.7 Å². The lowest BCUT2D eigenvalue weighted by molar-refractivity contribution is -0.208. The molecule has 0 aliphatic carbocycles. The number of amides is 1. The number of likely N-dealkylation sites (tertiary alicyclic amines) is 1. The number of esters is 1. The topological polar surface area (TPSA) is 113 Å². The van der Waals surface area contributed by atoms with Gasteiger partial charge in [0.05, 0.1) is 6.61 Å². The van der Waals surface area contributed by atoms with Crippen LogP contribution in [-0.2, 0) is 14.3 Å². The molecule has 1 saturated heterocycles. The Morgan fingerprint density at radius 3 is 2.29 bits per heavy atom. The van der Waals surface area contributed by atoms with E-state index < -0.39 is 36.8 Å². The van der Waals surface area contributed by atoms with Gasteiger partial charge in [-0.2, -0.15) is 13.2 Å². The zero-order chi connectivity index (χ0) is 22.8. The molecule has 10 heteroatoms. The van der Waals surface area contributed by atoms with Crippen LogP contribution in [0.25, 0.3) is 10.8 Å². The number of aliphatic hydroxyl groups excluding tert-OH is 1. The summed E-state index contributed by atoms with van der Waals surface area (Å²) in [7, 11) is 0. The fraction of sp³-hybridized carbons (Fsp3) is 0.429. The Kier molecular flexibility index (Phi) is 6.71. The number of alkyl halides is 3. The summed E-state index contributed by atoms with van der Waals surface area (Å²) in [6.45, 7) is -0.706. The number of ether oxygens (including phenoxy) is 1. The molecule has 31 heavy (non-hydrogen) atoms. The zero-order valence-corrected chi connectivity index (χ0v) is 16.5. The van der Waals surface area contributed by atoms with Crippen LogP contribution >= 0.6 is 0 Å². The average Bonchev–Trinajstić information content (AvgIpc) is 2.75. The Labute approximate surface area is 176 Å². The second-order valence-corrected chi connectivity index (χ2v) is 7.52. The van der Waals surface area contributed by atoms with Crippen molar-refractivity contribution in [2.45, 2.75) is 31.2 Å². The molecule has 2 aromatic rings. The van der Waals surface area contributed by atoms with E-state index >= 15 is 0 Å². The number of hydrogen-bond donors (Lipinski definition) is 3. The highest BCUT2D eigenvalue weighted by Gasteiger charge is 2.44. The summed E-state index contributed by atoms with van der Waals surface area (Å²) < 4.78 is 41.2. The number of phenolic OH excluding ortho intramolecular Hbond substituents is 1. The van der Waals surface area contributed by atoms with Crippen molar-refractivity contribution < 1.29 is 37.7 Å². The molecular formula is C21H23F3N2O5. The number of carbonyl (C=O) groups is 2. The van der Waals surface area contributed by atoms with Crippen molar-refractivity contribution in [1.29, 1.82) is 0 Å². The first-order chi connectivity index (χ1) is 14.6. The molecule has 2 atom stereocenters. The highest BCUT2D eigenvalue weighted by Crippen LogP contribution is 2.36. The lowest BCUT2D eigenvalue weighted by Crippen LogP contribution is -2.48. The number of aromatic hydroxyl groups is 1. The Hall–Kier alpha value is -2.85. The van der Waals surface area contributed by atoms with Crippen molar-refractivity contribution in [2.24, 2.45) is 11.7 Å². The summed E-state index contributed by atoms with van der Waals surface area (Å²) in [5.41, 5.74) is 6.96. The van der Waals surface area contributed by atoms with Crippen molar-refractivity contribution in [3.05, 3.63) is 42.0 Å². The summed E-state index contributed by atoms with van der Waals surface area (Å²) >= 11 is 0. The van der Waals surface area contributed by atoms with E-state index in [1.807, 2.05) is 30.3 Å². The number of phenols is 1. The molecule has 2 aromatic carbocycles. The fourth-order valence-electron chi connectivity index (χ4n) is 3.81. The molecule has 1 heterocycles. The zero-order valence-electron chi connectivity index (χ0n) is 16.5. The normalized spacial score (nSPS) is 17.4. The Bertz CT molecular complexity index is 958. The third kappa shape index (κ3) is 5.08. The summed E-state index contributed by atoms with van der Waals surface area (Å²) in [6.07, 6.45) is -6.30. The van der Waals surface area contributed by atoms with Crippen molar-refractivity contribution in [3.8, 4) is 5.75 Å². The number of aliphatic hydroxyl groups is 1. The van der Waals surface area contributed by atoms with E-state index in [9.17, 15) is 33.0 Å². The molecule has 1 aliphatic rings. The van der Waals surface area contributed by atoms with Crippen LogP contribution in [0.4, 0.5) is 13.2 Å². The van der Waals surface area contributed by atoms with E-state index in [2.05, 4.69) is 4.74 Å². The van der Waals surface area contributed by atoms with Crippen LogP contribution in [0.5, 0.6) is 5.75 Å². The molecule has 1 amide bonds. The molecule has 0 radical (unpaired) electrons. The molecule has 3 rings (SSSR count). The molecule has 1 fully saturated rings. The van der Waals surface area contributed by atoms with Crippen LogP contribution in [0.15, 0.2) is 36.4 Å². The lowest BCUT2D eigenvalue weighted by atomic mass is 9.85. The van der Waals surface area contributed by atoms with Crippen LogP contribution in [0.1, 0.15) is 24.4 Å². The molecule has 0 saturated carbocycles. The van der Waals surface area contributed by atoms with Gasteiger partial charge in [-0.3, -0.25) is 4.79 Å². The van der Waals surface area contributed by atoms with Gasteiger partial charge in [-0.25, -0.2) is 4.79 Å². The van der Waals surface area contributed by atoms with Gasteiger partial charge >= 0.3 is 12.1 Å². The van der Waals surface area contributed by atoms with Crippen LogP contribution in [0, 0.1) is 5.92 Å². The summed E-state index contributed by atoms with van der Waals surface area (Å²) in [5, 5.41) is 21.4. The minimum Gasteiger partial charge on any atom is -0.508 e. The van der Waals surface area contributed by atoms with Crippen LogP contribution in [0.3, 0.4) is 0 Å². The molecule has 0 bridgehead atoms. The van der Waals surface area contributed by atoms with Gasteiger partial charge in [-0.1, -0.05) is 24.3 Å². The first kappa shape index (κ1) is 22.8. The second-order valence-electron chi connectivity index (χ2n) is 7.52. The van der Waals surface area contributed by atoms with E-state index in [-0.39, 0.29) is 24.8 Å². The van der Waals surface area contributed by atoms with Crippen LogP contribution in [-0.4, -0.2) is 59.0 Å². The number of benzene rings is 2. The first-order valence-corrected chi connectivity index (χ1v) is 9.76. The van der Waals surface area contributed by atoms with Gasteiger partial charge in [0.1, 0.15) is 5.75 Å². The number of carbonyl (C=O) groups excluding carboxylic acids is 2. The van der Waals surface area contributed by atoms with Crippen LogP contribution in [0.2, 0.25) is 0 Å². The minimum atomic E-state index is -5.25. The smallest absolute Gasteiger partial charge is 0.490 e. The van der Waals surface area contributed by atoms with Gasteiger partial charge in [-0.15, -0.1) is 0 Å². The molecule has 0 unspecified atom stereocenters. The van der Waals surface area contributed by atoms with Crippen molar-refractivity contribution in [2.75, 3.05) is 19.7 Å². The number of piperidine rings is 1. The molecule has 0 aromatic heterocycles. The highest BCUT2D eigenvalue weighted by molar-refractivity contribution is 5.86. The predicted molar refractivity (Wildman–Crippen MR) is 105 cm³/mol. The van der Waals surface area contributed by atoms with Gasteiger partial charge in [0.2, 0.25) is 6.10 Å². The van der Waals surface area contributed by atoms with E-state index in [4.69, 9.17) is 5.73 Å². The maximum atomic E-state index is 12.4. The van der Waals surface area contributed by atoms with Gasteiger partial charge < -0.3 is 25.6 Å². The monoisotopic (exact) mass is 440 g/mol. The Morgan fingerprint density at radius 2 is 1.74 bits per heavy atom. The Morgan fingerprint density at radius 1 is 1.16 bits per heavy atom. The number of nitrogens with two attached hydrogens (primary N) is 1. The largest absolute Gasteiger partial charge is 0.508 e. The first-order valence-electron chi connectivity index (χ1n) is 9.76. The standard InChI is InChI=1S/C21H23F3N2O5/c22-21(23,24)20(30)31-17(11-27)19(29)26-7-5-12(6-8-26)18(25)15-9-13-3-1-2-4-14(13)10-16(15)28/h1-4,9-10,12,17-18,27-28H,5-8,11,25H2/t17-,18-/m1/s1. The highest BCUT2D eigenvalue weighted by atomic mass is 19.4. The van der Waals surface area contributed by atoms with Gasteiger partial charge in [0, 0.05) is 24.7 Å². The van der Waals surface area contributed by atoms with E-state index in [1.165, 1.54) is 4.90 Å². The quantitative estimate of drug-likeness (QED) is 0.615. The lowest BCUT2D eigenvalue weighted by Gasteiger charge is -2.36. The summed E-state index contributed by atoms with van der Waals surface area (Å²) in [4.78, 5) is 24.6. The number of nitrogens with zero attached hydrogens (tertiary/aromatic N) is 1. The summed E-state index contributed by atoms with van der Waals surface area (Å²) in [6, 6.07) is 10.5. The molecule has 4 N–H and O–H groups in total. The fourth-order valence-corrected chi connectivity index (χ4v) is 3.81. The number of fused-ring (bicyclic) bond motifs is 1. The van der Waals surface area contributed by atoms with Crippen molar-refractivity contribution in [1.82, 2.24) is 4.90 Å². The third-order valence-electron chi connectivity index (χ3n) is 5.54. The van der Waals surface area contributed by atoms with Crippen LogP contribution < -0.4 is 5.73 Å². The SMILES string of the molecule is N[C@@H](c1cc2ccccc2cc1O)C1CCN(C(=O)[C@@H](CO)OC(=O)C(F)(F)F)CC1. The van der Waals surface area contributed by atoms with E-state index in [0.717, 1.165) is 10.8 Å². The maximum Gasteiger partial charge on any atom is 0.490 e. The Balaban J connectivity index is 1.64. The van der Waals surface area contributed by atoms with E-state index in [1.54, 1.807) is 6.07 Å². The maximum absolute atomic E-state index is 12.4. The number of halogens is 3. The van der Waals surface area contributed by atoms with E-state index in [0.29, 0.717) is 18.4 Å². The second kappa shape index (κ2) is 9.11. The van der Waals surface area contributed by atoms with Gasteiger partial charge in [0.25, 0.3) is 5.91 Å². The number of rotatable bonds is 5.